The molecule has 1 N–H and O–H groups in total. The number of methoxy groups -OCH3 is 1. The molecule has 3 rings (SSSR count). The van der Waals surface area contributed by atoms with Gasteiger partial charge in [-0.15, -0.1) is 0 Å². The molecule has 1 fully saturated rings. The third-order valence-corrected chi connectivity index (χ3v) is 4.19. The van der Waals surface area contributed by atoms with Crippen LogP contribution in [0.5, 0.6) is 0 Å². The van der Waals surface area contributed by atoms with Crippen molar-refractivity contribution in [3.8, 4) is 0 Å². The number of hydrogen-bond acceptors (Lipinski definition) is 4. The molecule has 0 atom stereocenters. The highest BCUT2D eigenvalue weighted by molar-refractivity contribution is 6.31. The molecule has 1 aliphatic heterocycles. The molecule has 0 saturated carbocycles. The lowest BCUT2D eigenvalue weighted by Gasteiger charge is -2.30. The van der Waals surface area contributed by atoms with E-state index in [1.165, 1.54) is 0 Å². The van der Waals surface area contributed by atoms with Crippen LogP contribution in [-0.4, -0.2) is 41.2 Å². The van der Waals surface area contributed by atoms with Gasteiger partial charge in [-0.05, 0) is 31.0 Å². The minimum absolute atomic E-state index is 0.135. The molecule has 1 aliphatic rings. The molecule has 0 radical (unpaired) electrons. The van der Waals surface area contributed by atoms with Crippen LogP contribution in [0.25, 0.3) is 10.9 Å². The number of aromatic nitrogens is 2. The predicted molar refractivity (Wildman–Crippen MR) is 82.7 cm³/mol. The number of nitrogens with zero attached hydrogens (tertiary/aromatic N) is 2. The third-order valence-electron chi connectivity index (χ3n) is 3.96. The van der Waals surface area contributed by atoms with E-state index in [0.717, 1.165) is 25.9 Å². The number of piperidine rings is 1. The number of H-pyrrole nitrogens is 1. The molecule has 0 spiro atoms. The maximum atomic E-state index is 12.1. The van der Waals surface area contributed by atoms with Crippen LogP contribution >= 0.6 is 11.6 Å². The molecule has 0 amide bonds. The van der Waals surface area contributed by atoms with Crippen molar-refractivity contribution in [1.82, 2.24) is 14.9 Å². The van der Waals surface area contributed by atoms with Crippen LogP contribution in [-0.2, 0) is 11.3 Å². The van der Waals surface area contributed by atoms with E-state index in [0.29, 0.717) is 34.4 Å². The van der Waals surface area contributed by atoms with Gasteiger partial charge in [-0.25, -0.2) is 4.98 Å². The fraction of sp³-hybridized carbons (Fsp3) is 0.467. The summed E-state index contributed by atoms with van der Waals surface area (Å²) >= 11 is 5.91. The van der Waals surface area contributed by atoms with Crippen molar-refractivity contribution in [2.24, 2.45) is 0 Å². The van der Waals surface area contributed by atoms with E-state index in [1.807, 2.05) is 0 Å². The number of fused-ring (bicyclic) bond motifs is 1. The first-order valence-electron chi connectivity index (χ1n) is 7.09. The van der Waals surface area contributed by atoms with Crippen LogP contribution in [0.15, 0.2) is 23.0 Å². The molecule has 0 aliphatic carbocycles. The quantitative estimate of drug-likeness (QED) is 0.944. The Hall–Kier alpha value is -1.43. The Morgan fingerprint density at radius 1 is 1.43 bits per heavy atom. The van der Waals surface area contributed by atoms with Gasteiger partial charge in [-0.3, -0.25) is 9.69 Å². The molecule has 5 nitrogen and oxygen atoms in total. The average Bonchev–Trinajstić information content (AvgIpc) is 2.49. The van der Waals surface area contributed by atoms with Crippen LogP contribution in [0.3, 0.4) is 0 Å². The van der Waals surface area contributed by atoms with Crippen molar-refractivity contribution in [3.05, 3.63) is 39.4 Å². The first-order valence-corrected chi connectivity index (χ1v) is 7.47. The second kappa shape index (κ2) is 6.13. The number of hydrogen-bond donors (Lipinski definition) is 1. The van der Waals surface area contributed by atoms with Crippen molar-refractivity contribution in [2.45, 2.75) is 25.5 Å². The number of likely N-dealkylation sites (tertiary alicyclic amines) is 1. The summed E-state index contributed by atoms with van der Waals surface area (Å²) in [7, 11) is 1.76. The summed E-state index contributed by atoms with van der Waals surface area (Å²) in [5.74, 6) is 0.700. The lowest BCUT2D eigenvalue weighted by Crippen LogP contribution is -2.36. The summed E-state index contributed by atoms with van der Waals surface area (Å²) in [5, 5.41) is 1.08. The molecule has 2 heterocycles. The van der Waals surface area contributed by atoms with Crippen molar-refractivity contribution < 1.29 is 4.74 Å². The second-order valence-corrected chi connectivity index (χ2v) is 5.82. The minimum atomic E-state index is -0.135. The standard InChI is InChI=1S/C15H18ClN3O2/c1-21-11-4-6-19(7-5-11)9-14-17-13-3-2-10(16)8-12(13)15(20)18-14/h2-3,8,11H,4-7,9H2,1H3,(H,17,18,20). The predicted octanol–water partition coefficient (Wildman–Crippen LogP) is 2.19. The van der Waals surface area contributed by atoms with E-state index in [-0.39, 0.29) is 5.56 Å². The molecule has 1 aromatic heterocycles. The average molecular weight is 308 g/mol. The Morgan fingerprint density at radius 3 is 2.90 bits per heavy atom. The normalized spacial score (nSPS) is 17.4. The van der Waals surface area contributed by atoms with Gasteiger partial charge in [0.2, 0.25) is 0 Å². The number of halogens is 1. The second-order valence-electron chi connectivity index (χ2n) is 5.39. The van der Waals surface area contributed by atoms with Gasteiger partial charge in [-0.1, -0.05) is 11.6 Å². The van der Waals surface area contributed by atoms with Gasteiger partial charge in [0.05, 0.1) is 23.6 Å². The Labute approximate surface area is 127 Å². The van der Waals surface area contributed by atoms with E-state index in [9.17, 15) is 4.79 Å². The van der Waals surface area contributed by atoms with Crippen LogP contribution in [0.2, 0.25) is 5.02 Å². The highest BCUT2D eigenvalue weighted by Crippen LogP contribution is 2.17. The van der Waals surface area contributed by atoms with Crippen LogP contribution in [0.1, 0.15) is 18.7 Å². The van der Waals surface area contributed by atoms with Crippen LogP contribution in [0.4, 0.5) is 0 Å². The fourth-order valence-corrected chi connectivity index (χ4v) is 2.92. The summed E-state index contributed by atoms with van der Waals surface area (Å²) in [5.41, 5.74) is 0.550. The van der Waals surface area contributed by atoms with Gasteiger partial charge >= 0.3 is 0 Å². The van der Waals surface area contributed by atoms with E-state index < -0.39 is 0 Å². The van der Waals surface area contributed by atoms with E-state index in [2.05, 4.69) is 14.9 Å². The number of ether oxygens (including phenoxy) is 1. The van der Waals surface area contributed by atoms with Gasteiger partial charge in [0, 0.05) is 25.2 Å². The molecule has 0 bridgehead atoms. The first-order chi connectivity index (χ1) is 10.2. The maximum Gasteiger partial charge on any atom is 0.258 e. The minimum Gasteiger partial charge on any atom is -0.381 e. The largest absolute Gasteiger partial charge is 0.381 e. The Balaban J connectivity index is 1.79. The molecule has 2 aromatic rings. The maximum absolute atomic E-state index is 12.1. The van der Waals surface area contributed by atoms with Crippen molar-refractivity contribution in [2.75, 3.05) is 20.2 Å². The smallest absolute Gasteiger partial charge is 0.258 e. The lowest BCUT2D eigenvalue weighted by molar-refractivity contribution is 0.0381. The number of rotatable bonds is 3. The Kier molecular flexibility index (Phi) is 4.24. The van der Waals surface area contributed by atoms with Gasteiger partial charge in [-0.2, -0.15) is 0 Å². The molecular weight excluding hydrogens is 290 g/mol. The third kappa shape index (κ3) is 3.26. The Bertz CT molecular complexity index is 693. The fourth-order valence-electron chi connectivity index (χ4n) is 2.75. The van der Waals surface area contributed by atoms with Gasteiger partial charge in [0.15, 0.2) is 0 Å². The van der Waals surface area contributed by atoms with Crippen molar-refractivity contribution >= 4 is 22.5 Å². The summed E-state index contributed by atoms with van der Waals surface area (Å²) in [6.45, 7) is 2.58. The van der Waals surface area contributed by atoms with Crippen LogP contribution in [0, 0.1) is 0 Å². The molecule has 1 saturated heterocycles. The molecule has 0 unspecified atom stereocenters. The highest BCUT2D eigenvalue weighted by atomic mass is 35.5. The summed E-state index contributed by atoms with van der Waals surface area (Å²) in [6.07, 6.45) is 2.39. The number of aromatic amines is 1. The SMILES string of the molecule is COC1CCN(Cc2nc3ccc(Cl)cc3c(=O)[nH]2)CC1. The van der Waals surface area contributed by atoms with Gasteiger partial charge in [0.1, 0.15) is 5.82 Å². The van der Waals surface area contributed by atoms with Crippen molar-refractivity contribution in [1.29, 1.82) is 0 Å². The molecular formula is C15H18ClN3O2. The molecule has 1 aromatic carbocycles. The zero-order valence-corrected chi connectivity index (χ0v) is 12.7. The van der Waals surface area contributed by atoms with E-state index in [4.69, 9.17) is 16.3 Å². The summed E-state index contributed by atoms with van der Waals surface area (Å²) in [4.78, 5) is 21.8. The molecule has 6 heteroatoms. The monoisotopic (exact) mass is 307 g/mol. The zero-order valence-electron chi connectivity index (χ0n) is 11.9. The first kappa shape index (κ1) is 14.5. The summed E-state index contributed by atoms with van der Waals surface area (Å²) < 4.78 is 5.37. The number of benzene rings is 1. The van der Waals surface area contributed by atoms with Gasteiger partial charge in [0.25, 0.3) is 5.56 Å². The van der Waals surface area contributed by atoms with E-state index >= 15 is 0 Å². The van der Waals surface area contributed by atoms with Crippen molar-refractivity contribution in [3.63, 3.8) is 0 Å². The molecule has 21 heavy (non-hydrogen) atoms. The topological polar surface area (TPSA) is 58.2 Å². The molecule has 112 valence electrons. The Morgan fingerprint density at radius 2 is 2.19 bits per heavy atom. The van der Waals surface area contributed by atoms with E-state index in [1.54, 1.807) is 25.3 Å². The van der Waals surface area contributed by atoms with Gasteiger partial charge < -0.3 is 9.72 Å². The van der Waals surface area contributed by atoms with Crippen LogP contribution < -0.4 is 5.56 Å². The number of nitrogens with one attached hydrogen (secondary N) is 1. The zero-order chi connectivity index (χ0) is 14.8. The summed E-state index contributed by atoms with van der Waals surface area (Å²) in [6, 6.07) is 5.19. The highest BCUT2D eigenvalue weighted by Gasteiger charge is 2.19. The lowest BCUT2D eigenvalue weighted by atomic mass is 10.1.